The van der Waals surface area contributed by atoms with Gasteiger partial charge in [-0.25, -0.2) is 8.42 Å². The van der Waals surface area contributed by atoms with Crippen LogP contribution in [-0.2, 0) is 14.6 Å². The van der Waals surface area contributed by atoms with Crippen molar-refractivity contribution in [2.45, 2.75) is 12.5 Å². The van der Waals surface area contributed by atoms with Gasteiger partial charge in [0.05, 0.1) is 25.7 Å². The molecule has 0 spiro atoms. The molecule has 3 heterocycles. The molecule has 1 unspecified atom stereocenters. The number of furan rings is 1. The molecule has 30 heavy (non-hydrogen) atoms. The topological polar surface area (TPSA) is 93.9 Å². The van der Waals surface area contributed by atoms with Gasteiger partial charge in [0.2, 0.25) is 5.78 Å². The Kier molecular flexibility index (Phi) is 5.73. The molecule has 0 bridgehead atoms. The van der Waals surface area contributed by atoms with E-state index in [9.17, 15) is 18.0 Å². The van der Waals surface area contributed by atoms with E-state index in [2.05, 4.69) is 15.9 Å². The summed E-state index contributed by atoms with van der Waals surface area (Å²) in [6.45, 7) is -0.225. The molecule has 0 saturated carbocycles. The van der Waals surface area contributed by atoms with Crippen LogP contribution < -0.4 is 4.74 Å². The van der Waals surface area contributed by atoms with Gasteiger partial charge in [-0.1, -0.05) is 0 Å². The highest BCUT2D eigenvalue weighted by molar-refractivity contribution is 9.11. The maximum Gasteiger partial charge on any atom is 0.260 e. The van der Waals surface area contributed by atoms with E-state index in [0.717, 1.165) is 3.79 Å². The van der Waals surface area contributed by atoms with Crippen LogP contribution in [0.15, 0.2) is 44.8 Å². The minimum atomic E-state index is -3.07. The zero-order valence-electron chi connectivity index (χ0n) is 16.0. The molecule has 0 radical (unpaired) electrons. The quantitative estimate of drug-likeness (QED) is 0.470. The number of fused-ring (bicyclic) bond motifs is 1. The predicted octanol–water partition coefficient (Wildman–Crippen LogP) is 3.51. The maximum atomic E-state index is 12.8. The van der Waals surface area contributed by atoms with Gasteiger partial charge in [0.25, 0.3) is 5.91 Å². The van der Waals surface area contributed by atoms with Crippen LogP contribution in [-0.4, -0.2) is 56.2 Å². The number of benzene rings is 1. The number of amides is 1. The predicted molar refractivity (Wildman–Crippen MR) is 117 cm³/mol. The SMILES string of the molecule is CN(C(=O)COc1ccc2occ(C(=O)c3ccc(Br)s3)c2c1)C1CCS(=O)(=O)C1. The van der Waals surface area contributed by atoms with Crippen molar-refractivity contribution in [2.24, 2.45) is 0 Å². The molecule has 1 aliphatic heterocycles. The largest absolute Gasteiger partial charge is 0.484 e. The van der Waals surface area contributed by atoms with Crippen molar-refractivity contribution in [1.29, 1.82) is 0 Å². The molecule has 4 rings (SSSR count). The zero-order chi connectivity index (χ0) is 21.5. The highest BCUT2D eigenvalue weighted by Crippen LogP contribution is 2.30. The summed E-state index contributed by atoms with van der Waals surface area (Å²) < 4.78 is 35.2. The third-order valence-electron chi connectivity index (χ3n) is 5.10. The second-order valence-corrected chi connectivity index (χ2v) is 11.8. The monoisotopic (exact) mass is 511 g/mol. The Morgan fingerprint density at radius 3 is 2.77 bits per heavy atom. The van der Waals surface area contributed by atoms with Crippen molar-refractivity contribution in [2.75, 3.05) is 25.2 Å². The summed E-state index contributed by atoms with van der Waals surface area (Å²) in [5.41, 5.74) is 0.963. The van der Waals surface area contributed by atoms with Gasteiger partial charge in [0.1, 0.15) is 17.6 Å². The molecule has 0 aliphatic carbocycles. The third-order valence-corrected chi connectivity index (χ3v) is 8.47. The van der Waals surface area contributed by atoms with Crippen molar-refractivity contribution in [3.8, 4) is 5.75 Å². The fourth-order valence-corrected chi connectivity index (χ4v) is 6.49. The Balaban J connectivity index is 1.47. The summed E-state index contributed by atoms with van der Waals surface area (Å²) in [5, 5.41) is 0.602. The fraction of sp³-hybridized carbons (Fsp3) is 0.300. The van der Waals surface area contributed by atoms with Gasteiger partial charge >= 0.3 is 0 Å². The van der Waals surface area contributed by atoms with E-state index in [1.54, 1.807) is 31.3 Å². The van der Waals surface area contributed by atoms with Gasteiger partial charge in [-0.2, -0.15) is 0 Å². The average molecular weight is 512 g/mol. The van der Waals surface area contributed by atoms with Gasteiger partial charge < -0.3 is 14.1 Å². The van der Waals surface area contributed by atoms with E-state index in [4.69, 9.17) is 9.15 Å². The molecule has 3 aromatic rings. The molecule has 1 atom stereocenters. The van der Waals surface area contributed by atoms with Gasteiger partial charge in [-0.15, -0.1) is 11.3 Å². The Hall–Kier alpha value is -2.17. The van der Waals surface area contributed by atoms with Crippen LogP contribution in [0, 0.1) is 0 Å². The van der Waals surface area contributed by atoms with Crippen molar-refractivity contribution in [1.82, 2.24) is 4.90 Å². The lowest BCUT2D eigenvalue weighted by atomic mass is 10.1. The van der Waals surface area contributed by atoms with Crippen LogP contribution in [0.4, 0.5) is 0 Å². The highest BCUT2D eigenvalue weighted by atomic mass is 79.9. The lowest BCUT2D eigenvalue weighted by Crippen LogP contribution is -2.40. The van der Waals surface area contributed by atoms with E-state index < -0.39 is 9.84 Å². The molecule has 10 heteroatoms. The van der Waals surface area contributed by atoms with E-state index in [1.165, 1.54) is 22.5 Å². The number of sulfone groups is 1. The molecule has 1 aliphatic rings. The maximum absolute atomic E-state index is 12.8. The summed E-state index contributed by atoms with van der Waals surface area (Å²) >= 11 is 4.69. The molecule has 1 saturated heterocycles. The summed E-state index contributed by atoms with van der Waals surface area (Å²) in [6, 6.07) is 8.25. The molecule has 1 amide bonds. The highest BCUT2D eigenvalue weighted by Gasteiger charge is 2.32. The van der Waals surface area contributed by atoms with Crippen LogP contribution >= 0.6 is 27.3 Å². The number of carbonyl (C=O) groups is 2. The van der Waals surface area contributed by atoms with E-state index in [0.29, 0.717) is 33.6 Å². The Morgan fingerprint density at radius 2 is 2.10 bits per heavy atom. The Bertz CT molecular complexity index is 1230. The molecule has 0 N–H and O–H groups in total. The number of halogens is 1. The van der Waals surface area contributed by atoms with E-state index >= 15 is 0 Å². The zero-order valence-corrected chi connectivity index (χ0v) is 19.2. The molecule has 1 aromatic carbocycles. The van der Waals surface area contributed by atoms with E-state index in [-0.39, 0.29) is 35.8 Å². The first-order chi connectivity index (χ1) is 14.2. The Labute approximate surface area is 185 Å². The lowest BCUT2D eigenvalue weighted by molar-refractivity contribution is -0.133. The molecule has 1 fully saturated rings. The molecular formula is C20H18BrNO6S2. The first kappa shape index (κ1) is 21.1. The third kappa shape index (κ3) is 4.30. The lowest BCUT2D eigenvalue weighted by Gasteiger charge is -2.23. The fourth-order valence-electron chi connectivity index (χ4n) is 3.37. The summed E-state index contributed by atoms with van der Waals surface area (Å²) in [5.74, 6) is 0.0564. The first-order valence-corrected chi connectivity index (χ1v) is 12.6. The molecule has 7 nitrogen and oxygen atoms in total. The number of likely N-dealkylation sites (N-methyl/N-ethyl adjacent to an activating group) is 1. The summed E-state index contributed by atoms with van der Waals surface area (Å²) in [4.78, 5) is 27.2. The number of thiophene rings is 1. The number of hydrogen-bond acceptors (Lipinski definition) is 7. The number of ketones is 1. The van der Waals surface area contributed by atoms with Gasteiger partial charge in [-0.3, -0.25) is 9.59 Å². The van der Waals surface area contributed by atoms with Gasteiger partial charge in [-0.05, 0) is 52.7 Å². The van der Waals surface area contributed by atoms with Crippen LogP contribution in [0.1, 0.15) is 21.7 Å². The number of rotatable bonds is 6. The Morgan fingerprint density at radius 1 is 1.30 bits per heavy atom. The van der Waals surface area contributed by atoms with Crippen molar-refractivity contribution < 1.29 is 27.2 Å². The van der Waals surface area contributed by atoms with Gasteiger partial charge in [0.15, 0.2) is 16.4 Å². The van der Waals surface area contributed by atoms with Gasteiger partial charge in [0, 0.05) is 18.5 Å². The van der Waals surface area contributed by atoms with Crippen molar-refractivity contribution in [3.63, 3.8) is 0 Å². The summed E-state index contributed by atoms with van der Waals surface area (Å²) in [6.07, 6.45) is 1.86. The number of nitrogens with zero attached hydrogens (tertiary/aromatic N) is 1. The average Bonchev–Trinajstić information content (AvgIpc) is 3.42. The molecule has 2 aromatic heterocycles. The number of hydrogen-bond donors (Lipinski definition) is 0. The van der Waals surface area contributed by atoms with Crippen LogP contribution in [0.2, 0.25) is 0 Å². The standard InChI is InChI=1S/C20H18BrNO6S2/c1-22(12-6-7-30(25,26)11-12)19(23)10-27-13-2-3-16-14(8-13)15(9-28-16)20(24)17-4-5-18(21)29-17/h2-5,8-9,12H,6-7,10-11H2,1H3. The molecular weight excluding hydrogens is 494 g/mol. The van der Waals surface area contributed by atoms with Crippen molar-refractivity contribution >= 4 is 59.8 Å². The molecule has 158 valence electrons. The summed E-state index contributed by atoms with van der Waals surface area (Å²) in [7, 11) is -1.48. The van der Waals surface area contributed by atoms with Crippen LogP contribution in [0.3, 0.4) is 0 Å². The van der Waals surface area contributed by atoms with Crippen LogP contribution in [0.25, 0.3) is 11.0 Å². The van der Waals surface area contributed by atoms with Crippen molar-refractivity contribution in [3.05, 3.63) is 50.8 Å². The normalized spacial score (nSPS) is 17.9. The first-order valence-electron chi connectivity index (χ1n) is 9.14. The second kappa shape index (κ2) is 8.16. The smallest absolute Gasteiger partial charge is 0.260 e. The second-order valence-electron chi connectivity index (χ2n) is 7.09. The minimum Gasteiger partial charge on any atom is -0.484 e. The minimum absolute atomic E-state index is 0.0134. The number of ether oxygens (including phenoxy) is 1. The number of carbonyl (C=O) groups excluding carboxylic acids is 2. The van der Waals surface area contributed by atoms with Crippen LogP contribution in [0.5, 0.6) is 5.75 Å². The van der Waals surface area contributed by atoms with E-state index in [1.807, 2.05) is 6.07 Å².